The van der Waals surface area contributed by atoms with Crippen LogP contribution in [-0.4, -0.2) is 0 Å². The number of benzene rings is 4. The standard InChI is InChI=1S/C25H19F3/c1-2-4-16-7-8-18-12-19(10-9-17(18)11-16)21-14-23(27)25(24(28)15-21)20-5-3-6-22(26)13-20/h3,5-15H,2,4H2,1H3. The third kappa shape index (κ3) is 3.53. The molecule has 0 spiro atoms. The van der Waals surface area contributed by atoms with E-state index in [0.29, 0.717) is 5.56 Å². The van der Waals surface area contributed by atoms with Gasteiger partial charge in [0.1, 0.15) is 17.5 Å². The first-order valence-electron chi connectivity index (χ1n) is 9.33. The van der Waals surface area contributed by atoms with Gasteiger partial charge in [0.2, 0.25) is 0 Å². The zero-order valence-electron chi connectivity index (χ0n) is 15.5. The maximum Gasteiger partial charge on any atom is 0.134 e. The van der Waals surface area contributed by atoms with Crippen molar-refractivity contribution in [1.29, 1.82) is 0 Å². The predicted molar refractivity (Wildman–Crippen MR) is 109 cm³/mol. The van der Waals surface area contributed by atoms with Crippen molar-refractivity contribution in [3.8, 4) is 22.3 Å². The highest BCUT2D eigenvalue weighted by molar-refractivity contribution is 5.88. The largest absolute Gasteiger partial charge is 0.207 e. The van der Waals surface area contributed by atoms with Crippen LogP contribution in [0.25, 0.3) is 33.0 Å². The summed E-state index contributed by atoms with van der Waals surface area (Å²) in [4.78, 5) is 0. The molecule has 0 bridgehead atoms. The number of rotatable bonds is 4. The topological polar surface area (TPSA) is 0 Å². The molecular weight excluding hydrogens is 357 g/mol. The summed E-state index contributed by atoms with van der Waals surface area (Å²) in [5, 5.41) is 2.12. The van der Waals surface area contributed by atoms with Crippen molar-refractivity contribution in [3.05, 3.63) is 95.8 Å². The molecule has 0 radical (unpaired) electrons. The third-order valence-corrected chi connectivity index (χ3v) is 4.93. The summed E-state index contributed by atoms with van der Waals surface area (Å²) in [7, 11) is 0. The van der Waals surface area contributed by atoms with Crippen molar-refractivity contribution in [2.45, 2.75) is 19.8 Å². The van der Waals surface area contributed by atoms with E-state index < -0.39 is 17.5 Å². The van der Waals surface area contributed by atoms with Crippen molar-refractivity contribution in [1.82, 2.24) is 0 Å². The minimum Gasteiger partial charge on any atom is -0.207 e. The molecule has 28 heavy (non-hydrogen) atoms. The summed E-state index contributed by atoms with van der Waals surface area (Å²) in [5.74, 6) is -1.95. The minimum absolute atomic E-state index is 0.184. The average Bonchev–Trinajstić information content (AvgIpc) is 2.67. The quantitative estimate of drug-likeness (QED) is 0.345. The van der Waals surface area contributed by atoms with E-state index in [4.69, 9.17) is 0 Å². The third-order valence-electron chi connectivity index (χ3n) is 4.93. The fraction of sp³-hybridized carbons (Fsp3) is 0.120. The monoisotopic (exact) mass is 376 g/mol. The lowest BCUT2D eigenvalue weighted by atomic mass is 9.96. The second-order valence-corrected chi connectivity index (χ2v) is 6.97. The lowest BCUT2D eigenvalue weighted by Gasteiger charge is -2.10. The fourth-order valence-electron chi connectivity index (χ4n) is 3.58. The first-order valence-corrected chi connectivity index (χ1v) is 9.33. The molecule has 3 heteroatoms. The van der Waals surface area contributed by atoms with E-state index in [2.05, 4.69) is 19.1 Å². The Morgan fingerprint density at radius 3 is 2.07 bits per heavy atom. The highest BCUT2D eigenvalue weighted by atomic mass is 19.1. The van der Waals surface area contributed by atoms with Gasteiger partial charge in [0.05, 0.1) is 5.56 Å². The average molecular weight is 376 g/mol. The molecule has 0 N–H and O–H groups in total. The Balaban J connectivity index is 1.76. The van der Waals surface area contributed by atoms with Crippen molar-refractivity contribution in [3.63, 3.8) is 0 Å². The zero-order chi connectivity index (χ0) is 19.7. The van der Waals surface area contributed by atoms with Crippen LogP contribution < -0.4 is 0 Å². The smallest absolute Gasteiger partial charge is 0.134 e. The van der Waals surface area contributed by atoms with E-state index >= 15 is 0 Å². The molecule has 0 nitrogen and oxygen atoms in total. The van der Waals surface area contributed by atoms with Crippen LogP contribution in [0.2, 0.25) is 0 Å². The molecule has 4 aromatic rings. The highest BCUT2D eigenvalue weighted by Crippen LogP contribution is 2.32. The van der Waals surface area contributed by atoms with Crippen LogP contribution in [0.1, 0.15) is 18.9 Å². The van der Waals surface area contributed by atoms with Crippen molar-refractivity contribution in [2.24, 2.45) is 0 Å². The molecule has 0 heterocycles. The van der Waals surface area contributed by atoms with Gasteiger partial charge in [0.25, 0.3) is 0 Å². The molecule has 0 aliphatic carbocycles. The van der Waals surface area contributed by atoms with Crippen molar-refractivity contribution >= 4 is 10.8 Å². The number of fused-ring (bicyclic) bond motifs is 1. The fourth-order valence-corrected chi connectivity index (χ4v) is 3.58. The highest BCUT2D eigenvalue weighted by Gasteiger charge is 2.15. The van der Waals surface area contributed by atoms with E-state index in [0.717, 1.165) is 35.2 Å². The molecule has 0 fully saturated rings. The SMILES string of the molecule is CCCc1ccc2cc(-c3cc(F)c(-c4cccc(F)c4)c(F)c3)ccc2c1. The van der Waals surface area contributed by atoms with Gasteiger partial charge in [-0.3, -0.25) is 0 Å². The van der Waals surface area contributed by atoms with E-state index in [1.165, 1.54) is 35.9 Å². The maximum atomic E-state index is 14.7. The predicted octanol–water partition coefficient (Wildman–Crippen LogP) is 7.54. The van der Waals surface area contributed by atoms with Crippen LogP contribution in [0.3, 0.4) is 0 Å². The Hall–Kier alpha value is -3.07. The van der Waals surface area contributed by atoms with Gasteiger partial charge in [-0.05, 0) is 69.8 Å². The van der Waals surface area contributed by atoms with Gasteiger partial charge in [-0.2, -0.15) is 0 Å². The van der Waals surface area contributed by atoms with Gasteiger partial charge >= 0.3 is 0 Å². The molecule has 0 saturated heterocycles. The molecule has 0 aromatic heterocycles. The Morgan fingerprint density at radius 1 is 0.643 bits per heavy atom. The number of hydrogen-bond acceptors (Lipinski definition) is 0. The van der Waals surface area contributed by atoms with Gasteiger partial charge in [0, 0.05) is 0 Å². The van der Waals surface area contributed by atoms with Crippen molar-refractivity contribution in [2.75, 3.05) is 0 Å². The molecule has 0 saturated carbocycles. The summed E-state index contributed by atoms with van der Waals surface area (Å²) in [6.07, 6.45) is 2.11. The number of aryl methyl sites for hydroxylation is 1. The van der Waals surface area contributed by atoms with Gasteiger partial charge in [-0.25, -0.2) is 13.2 Å². The van der Waals surface area contributed by atoms with E-state index in [1.807, 2.05) is 24.3 Å². The van der Waals surface area contributed by atoms with Gasteiger partial charge in [-0.1, -0.05) is 55.8 Å². The van der Waals surface area contributed by atoms with Crippen molar-refractivity contribution < 1.29 is 13.2 Å². The molecule has 140 valence electrons. The van der Waals surface area contributed by atoms with Crippen LogP contribution in [0, 0.1) is 17.5 Å². The zero-order valence-corrected chi connectivity index (χ0v) is 15.5. The second kappa shape index (κ2) is 7.51. The van der Waals surface area contributed by atoms with Crippen LogP contribution in [-0.2, 0) is 6.42 Å². The summed E-state index contributed by atoms with van der Waals surface area (Å²) in [6.45, 7) is 2.14. The second-order valence-electron chi connectivity index (χ2n) is 6.97. The summed E-state index contributed by atoms with van der Waals surface area (Å²) >= 11 is 0. The van der Waals surface area contributed by atoms with Gasteiger partial charge in [0.15, 0.2) is 0 Å². The molecule has 4 rings (SSSR count). The number of hydrogen-bond donors (Lipinski definition) is 0. The van der Waals surface area contributed by atoms with Gasteiger partial charge < -0.3 is 0 Å². The normalized spacial score (nSPS) is 11.1. The molecule has 0 unspecified atom stereocenters. The Morgan fingerprint density at radius 2 is 1.36 bits per heavy atom. The van der Waals surface area contributed by atoms with E-state index in [-0.39, 0.29) is 11.1 Å². The summed E-state index contributed by atoms with van der Waals surface area (Å²) in [5.41, 5.74) is 2.44. The Bertz CT molecular complexity index is 1140. The summed E-state index contributed by atoms with van der Waals surface area (Å²) < 4.78 is 42.8. The van der Waals surface area contributed by atoms with Crippen LogP contribution in [0.5, 0.6) is 0 Å². The Labute approximate surface area is 162 Å². The minimum atomic E-state index is -0.709. The molecule has 4 aromatic carbocycles. The lowest BCUT2D eigenvalue weighted by Crippen LogP contribution is -1.93. The summed E-state index contributed by atoms with van der Waals surface area (Å²) in [6, 6.07) is 20.0. The van der Waals surface area contributed by atoms with Crippen LogP contribution >= 0.6 is 0 Å². The van der Waals surface area contributed by atoms with Crippen LogP contribution in [0.15, 0.2) is 72.8 Å². The Kier molecular flexibility index (Phi) is 4.91. The molecule has 0 aliphatic rings. The molecule has 0 atom stereocenters. The molecular formula is C25H19F3. The van der Waals surface area contributed by atoms with Gasteiger partial charge in [-0.15, -0.1) is 0 Å². The van der Waals surface area contributed by atoms with Crippen LogP contribution in [0.4, 0.5) is 13.2 Å². The number of halogens is 3. The molecule has 0 amide bonds. The maximum absolute atomic E-state index is 14.7. The first-order chi connectivity index (χ1) is 13.5. The van der Waals surface area contributed by atoms with E-state index in [9.17, 15) is 13.2 Å². The first kappa shape index (κ1) is 18.3. The lowest BCUT2D eigenvalue weighted by molar-refractivity contribution is 0.589. The molecule has 0 aliphatic heterocycles. The van der Waals surface area contributed by atoms with E-state index in [1.54, 1.807) is 0 Å².